The van der Waals surface area contributed by atoms with Gasteiger partial charge in [0.2, 0.25) is 16.8 Å². The van der Waals surface area contributed by atoms with Crippen molar-refractivity contribution < 1.29 is 22.6 Å². The average molecular weight is 285 g/mol. The van der Waals surface area contributed by atoms with Gasteiger partial charge in [0, 0.05) is 19.2 Å². The molecule has 0 radical (unpaired) electrons. The van der Waals surface area contributed by atoms with Crippen molar-refractivity contribution in [2.24, 2.45) is 0 Å². The summed E-state index contributed by atoms with van der Waals surface area (Å²) in [4.78, 5) is 0.203. The Morgan fingerprint density at radius 2 is 2.05 bits per heavy atom. The lowest BCUT2D eigenvalue weighted by Gasteiger charge is -2.32. The van der Waals surface area contributed by atoms with Crippen LogP contribution in [0.4, 0.5) is 0 Å². The first-order valence-electron chi connectivity index (χ1n) is 6.12. The van der Waals surface area contributed by atoms with Crippen molar-refractivity contribution in [3.05, 3.63) is 18.2 Å². The highest BCUT2D eigenvalue weighted by Gasteiger charge is 2.32. The van der Waals surface area contributed by atoms with Gasteiger partial charge in [0.15, 0.2) is 11.5 Å². The van der Waals surface area contributed by atoms with E-state index < -0.39 is 16.3 Å². The molecule has 6 nitrogen and oxygen atoms in total. The van der Waals surface area contributed by atoms with Gasteiger partial charge in [-0.15, -0.1) is 0 Å². The summed E-state index contributed by atoms with van der Waals surface area (Å²) in [6, 6.07) is 4.65. The standard InChI is InChI=1S/C12H15NO5S/c1-9-13(5-2-6-16-9)19(14,15)10-3-4-11-12(7-10)18-8-17-11/h3-4,7,9H,2,5-6,8H2,1H3. The summed E-state index contributed by atoms with van der Waals surface area (Å²) in [5.41, 5.74) is 0. The fraction of sp³-hybridized carbons (Fsp3) is 0.500. The first kappa shape index (κ1) is 12.7. The largest absolute Gasteiger partial charge is 0.454 e. The van der Waals surface area contributed by atoms with Gasteiger partial charge in [-0.1, -0.05) is 0 Å². The topological polar surface area (TPSA) is 65.1 Å². The number of hydrogen-bond donors (Lipinski definition) is 0. The zero-order valence-electron chi connectivity index (χ0n) is 10.5. The number of nitrogens with zero attached hydrogens (tertiary/aromatic N) is 1. The number of hydrogen-bond acceptors (Lipinski definition) is 5. The van der Waals surface area contributed by atoms with Crippen LogP contribution >= 0.6 is 0 Å². The van der Waals surface area contributed by atoms with Gasteiger partial charge in [-0.25, -0.2) is 8.42 Å². The smallest absolute Gasteiger partial charge is 0.245 e. The van der Waals surface area contributed by atoms with Crippen LogP contribution < -0.4 is 9.47 Å². The zero-order valence-corrected chi connectivity index (χ0v) is 11.4. The molecule has 0 saturated carbocycles. The Labute approximate surface area is 111 Å². The molecule has 104 valence electrons. The second-order valence-electron chi connectivity index (χ2n) is 4.45. The fourth-order valence-electron chi connectivity index (χ4n) is 2.23. The molecule has 7 heteroatoms. The van der Waals surface area contributed by atoms with E-state index >= 15 is 0 Å². The Bertz CT molecular complexity index is 586. The van der Waals surface area contributed by atoms with E-state index in [1.165, 1.54) is 16.4 Å². The Morgan fingerprint density at radius 3 is 2.84 bits per heavy atom. The first-order valence-corrected chi connectivity index (χ1v) is 7.56. The summed E-state index contributed by atoms with van der Waals surface area (Å²) in [5.74, 6) is 1.04. The Balaban J connectivity index is 1.95. The van der Waals surface area contributed by atoms with Crippen LogP contribution in [0.25, 0.3) is 0 Å². The molecule has 0 N–H and O–H groups in total. The predicted molar refractivity (Wildman–Crippen MR) is 66.5 cm³/mol. The molecule has 2 aliphatic rings. The predicted octanol–water partition coefficient (Wildman–Crippen LogP) is 1.17. The highest BCUT2D eigenvalue weighted by atomic mass is 32.2. The number of benzene rings is 1. The van der Waals surface area contributed by atoms with Crippen LogP contribution in [-0.4, -0.2) is 38.9 Å². The molecule has 3 rings (SSSR count). The highest BCUT2D eigenvalue weighted by Crippen LogP contribution is 2.35. The van der Waals surface area contributed by atoms with Crippen molar-refractivity contribution in [1.82, 2.24) is 4.31 Å². The lowest BCUT2D eigenvalue weighted by atomic mass is 10.3. The maximum atomic E-state index is 12.5. The van der Waals surface area contributed by atoms with Crippen LogP contribution in [0.15, 0.2) is 23.1 Å². The normalized spacial score (nSPS) is 23.5. The van der Waals surface area contributed by atoms with Crippen molar-refractivity contribution >= 4 is 10.0 Å². The Hall–Kier alpha value is -1.31. The average Bonchev–Trinajstić information content (AvgIpc) is 2.86. The van der Waals surface area contributed by atoms with Crippen molar-refractivity contribution in [2.75, 3.05) is 19.9 Å². The lowest BCUT2D eigenvalue weighted by Crippen LogP contribution is -2.44. The van der Waals surface area contributed by atoms with Crippen molar-refractivity contribution in [2.45, 2.75) is 24.5 Å². The van der Waals surface area contributed by atoms with Crippen molar-refractivity contribution in [3.63, 3.8) is 0 Å². The second-order valence-corrected chi connectivity index (χ2v) is 6.35. The molecule has 0 amide bonds. The highest BCUT2D eigenvalue weighted by molar-refractivity contribution is 7.89. The summed E-state index contributed by atoms with van der Waals surface area (Å²) >= 11 is 0. The minimum Gasteiger partial charge on any atom is -0.454 e. The van der Waals surface area contributed by atoms with Gasteiger partial charge >= 0.3 is 0 Å². The molecule has 19 heavy (non-hydrogen) atoms. The number of ether oxygens (including phenoxy) is 3. The minimum atomic E-state index is -3.56. The van der Waals surface area contributed by atoms with Crippen LogP contribution in [0.3, 0.4) is 0 Å². The molecular weight excluding hydrogens is 270 g/mol. The number of fused-ring (bicyclic) bond motifs is 1. The van der Waals surface area contributed by atoms with Gasteiger partial charge in [0.05, 0.1) is 4.90 Å². The van der Waals surface area contributed by atoms with Gasteiger partial charge < -0.3 is 14.2 Å². The van der Waals surface area contributed by atoms with E-state index in [2.05, 4.69) is 0 Å². The third-order valence-electron chi connectivity index (χ3n) is 3.24. The first-order chi connectivity index (χ1) is 9.09. The molecule has 2 aliphatic heterocycles. The van der Waals surface area contributed by atoms with E-state index in [1.807, 2.05) is 0 Å². The zero-order chi connectivity index (χ0) is 13.5. The molecule has 0 aliphatic carbocycles. The van der Waals surface area contributed by atoms with Crippen molar-refractivity contribution in [1.29, 1.82) is 0 Å². The van der Waals surface area contributed by atoms with E-state index in [-0.39, 0.29) is 11.7 Å². The molecule has 0 aromatic heterocycles. The van der Waals surface area contributed by atoms with Crippen molar-refractivity contribution in [3.8, 4) is 11.5 Å². The van der Waals surface area contributed by atoms with Crippen LogP contribution in [0.2, 0.25) is 0 Å². The van der Waals surface area contributed by atoms with E-state index in [0.29, 0.717) is 31.1 Å². The van der Waals surface area contributed by atoms with E-state index in [4.69, 9.17) is 14.2 Å². The molecule has 0 bridgehead atoms. The fourth-order valence-corrected chi connectivity index (χ4v) is 3.82. The summed E-state index contributed by atoms with van der Waals surface area (Å²) < 4.78 is 42.2. The summed E-state index contributed by atoms with van der Waals surface area (Å²) in [6.45, 7) is 2.93. The molecule has 1 saturated heterocycles. The van der Waals surface area contributed by atoms with Gasteiger partial charge in [-0.2, -0.15) is 4.31 Å². The molecule has 1 fully saturated rings. The van der Waals surface area contributed by atoms with Crippen LogP contribution in [0.5, 0.6) is 11.5 Å². The van der Waals surface area contributed by atoms with Gasteiger partial charge in [-0.3, -0.25) is 0 Å². The SMILES string of the molecule is CC1OCCCN1S(=O)(=O)c1ccc2c(c1)OCO2. The molecule has 1 aromatic carbocycles. The number of rotatable bonds is 2. The minimum absolute atomic E-state index is 0.127. The van der Waals surface area contributed by atoms with Gasteiger partial charge in [-0.05, 0) is 25.5 Å². The van der Waals surface area contributed by atoms with E-state index in [1.54, 1.807) is 13.0 Å². The quantitative estimate of drug-likeness (QED) is 0.816. The molecule has 1 unspecified atom stereocenters. The van der Waals surface area contributed by atoms with Crippen LogP contribution in [0, 0.1) is 0 Å². The van der Waals surface area contributed by atoms with E-state index in [9.17, 15) is 8.42 Å². The monoisotopic (exact) mass is 285 g/mol. The third kappa shape index (κ3) is 2.18. The summed E-state index contributed by atoms with van der Waals surface area (Å²) in [6.07, 6.45) is 0.262. The Kier molecular flexibility index (Phi) is 3.12. The number of sulfonamides is 1. The summed E-state index contributed by atoms with van der Waals surface area (Å²) in [5, 5.41) is 0. The van der Waals surface area contributed by atoms with Gasteiger partial charge in [0.25, 0.3) is 0 Å². The Morgan fingerprint density at radius 1 is 1.26 bits per heavy atom. The molecule has 1 aromatic rings. The van der Waals surface area contributed by atoms with Crippen LogP contribution in [-0.2, 0) is 14.8 Å². The molecule has 1 atom stereocenters. The van der Waals surface area contributed by atoms with Gasteiger partial charge in [0.1, 0.15) is 6.23 Å². The third-order valence-corrected chi connectivity index (χ3v) is 5.18. The lowest BCUT2D eigenvalue weighted by molar-refractivity contribution is -0.0410. The molecule has 2 heterocycles. The van der Waals surface area contributed by atoms with E-state index in [0.717, 1.165) is 0 Å². The molecular formula is C12H15NO5S. The second kappa shape index (κ2) is 4.66. The maximum absolute atomic E-state index is 12.5. The van der Waals surface area contributed by atoms with Crippen LogP contribution in [0.1, 0.15) is 13.3 Å². The molecule has 0 spiro atoms. The maximum Gasteiger partial charge on any atom is 0.245 e. The summed E-state index contributed by atoms with van der Waals surface area (Å²) in [7, 11) is -3.56.